The van der Waals surface area contributed by atoms with Gasteiger partial charge in [0.05, 0.1) is 16.9 Å². The lowest BCUT2D eigenvalue weighted by Crippen LogP contribution is -2.41. The lowest BCUT2D eigenvalue weighted by atomic mass is 9.78. The fraction of sp³-hybridized carbons (Fsp3) is 0.292. The van der Waals surface area contributed by atoms with Crippen molar-refractivity contribution in [2.24, 2.45) is 0 Å². The minimum atomic E-state index is -0.339. The number of aryl methyl sites for hydroxylation is 1. The summed E-state index contributed by atoms with van der Waals surface area (Å²) in [6.07, 6.45) is 1.96. The zero-order valence-electron chi connectivity index (χ0n) is 65.4. The van der Waals surface area contributed by atoms with E-state index in [1.54, 1.807) is 107 Å². The summed E-state index contributed by atoms with van der Waals surface area (Å²) in [5, 5.41) is 0. The van der Waals surface area contributed by atoms with Crippen LogP contribution in [0.2, 0.25) is 0 Å². The largest absolute Gasteiger partial charge is 0.494 e. The van der Waals surface area contributed by atoms with Gasteiger partial charge in [0, 0.05) is 1070 Å². The maximum absolute atomic E-state index is 6.14. The Morgan fingerprint density at radius 1 is 0.185 bits per heavy atom. The second-order valence-electron chi connectivity index (χ2n) is 16.4. The molecule has 2 aromatic carbocycles. The van der Waals surface area contributed by atoms with Crippen LogP contribution in [0.3, 0.4) is 0 Å². The van der Waals surface area contributed by atoms with Crippen LogP contribution < -0.4 is 5.46 Å². The normalized spacial score (nSPS) is 9.77. The monoisotopic (exact) mass is 4140 g/mol. The zero-order chi connectivity index (χ0) is 104. The van der Waals surface area contributed by atoms with E-state index in [1.807, 2.05) is 918 Å². The molecule has 1 fully saturated rings. The molecule has 0 spiro atoms. The van der Waals surface area contributed by atoms with Crippen molar-refractivity contribution in [3.63, 3.8) is 0 Å². The first-order valence-corrected chi connectivity index (χ1v) is 185. The van der Waals surface area contributed by atoms with E-state index in [1.165, 1.54) is 28.9 Å². The number of benzene rings is 2. The van der Waals surface area contributed by atoms with Crippen LogP contribution >= 0.6 is 0 Å². The fourth-order valence-electron chi connectivity index (χ4n) is 4.72. The van der Waals surface area contributed by atoms with Gasteiger partial charge in [-0.15, -0.1) is 0 Å². The summed E-state index contributed by atoms with van der Waals surface area (Å²) in [4.78, 5) is 4.70. The third kappa shape index (κ3) is 116. The van der Waals surface area contributed by atoms with Gasteiger partial charge in [-0.2, -0.15) is 0 Å². The summed E-state index contributed by atoms with van der Waals surface area (Å²) < 4.78 is 12.3. The average molecular weight is 4160 g/mol. The van der Waals surface area contributed by atoms with Crippen molar-refractivity contribution in [1.82, 2.24) is 4.98 Å². The van der Waals surface area contributed by atoms with Crippen molar-refractivity contribution in [3.8, 4) is 22.4 Å². The molecule has 0 N–H and O–H groups in total. The Bertz CT molecular complexity index is 10700. The summed E-state index contributed by atoms with van der Waals surface area (Å²) in [7, 11) is 210. The van der Waals surface area contributed by atoms with Gasteiger partial charge in [0.1, 0.15) is 0 Å². The van der Waals surface area contributed by atoms with Crippen LogP contribution in [0.25, 0.3) is 22.4 Å². The van der Waals surface area contributed by atoms with E-state index >= 15 is 0 Å². The van der Waals surface area contributed by atoms with Gasteiger partial charge in [0.2, 0.25) is 0 Å². The van der Waals surface area contributed by atoms with Gasteiger partial charge in [-0.1, -0.05) is 54.6 Å². The molecule has 3 nitrogen and oxygen atoms in total. The summed E-state index contributed by atoms with van der Waals surface area (Å²) in [6.45, 7) is 10.4. The molecule has 4 rings (SSSR count). The van der Waals surface area contributed by atoms with Crippen LogP contribution in [0.4, 0.5) is 0 Å². The lowest BCUT2D eigenvalue weighted by molar-refractivity contribution is 0.00578. The van der Waals surface area contributed by atoms with Gasteiger partial charge >= 0.3 is 7.12 Å². The van der Waals surface area contributed by atoms with Gasteiger partial charge in [-0.25, -0.2) is 0 Å². The molecule has 1 aromatic heterocycles. The SMILES string of the molecule is Cc1cc(-c2ccc(B3OC(C)(C)C(C)(C)O3)cc2)ncc1-c1ccccc1.S=S=S=S=S=S=S=S=S=S=S=S=S=S=S=S=S=S=S=S=S=S=S=S=S=S=S=S=S=S=S=S=S=S=S=S=S=S=S=S=S=S=S=S=S=S=S=S=S=S=S=S=S=S=S=S=S=S=S=S=S=S=S=S=S=S=S=S=S=S=S=S=S=S=S=S=S=S=S=S=S=S=S=S=S=S=S=S=S=S=S=S=S=S=S=S=S=S=S=S=S=S=S=S=S=S=S=S=S=S=S=S=S=S=S=S=S=S. The van der Waals surface area contributed by atoms with Crippen molar-refractivity contribution in [3.05, 3.63) is 72.4 Å². The molecule has 1 saturated heterocycles. The maximum atomic E-state index is 6.14. The Balaban J connectivity index is 0.00000164. The van der Waals surface area contributed by atoms with Crippen LogP contribution in [-0.4, -0.2) is 23.3 Å². The highest BCUT2D eigenvalue weighted by atomic mass is 33.6. The zero-order valence-corrected chi connectivity index (χ0v) is 162. The van der Waals surface area contributed by atoms with Crippen molar-refractivity contribution >= 4 is 1070 Å². The van der Waals surface area contributed by atoms with Gasteiger partial charge in [0.25, 0.3) is 0 Å². The number of pyridine rings is 1. The standard InChI is InChI=1S/C24H26BNO2.S118/c1-17-15-22(26-16-21(17)18-9-7-6-8-10-18)19-11-13-20(14-12-19)25-27-23(2,3)24(4,5)28-25;1-3-5-7-9-11-13-15-17-19-21-23-25-27-29-31-33-35-37-39-41-43-45-47-49-51-53-55-57-59-61-63-65-67-69-71-73-75-77-79-81-83-85-87-89-91-93-95-97-99-101-103-105-107-109-111-113-115-117-118-116-114-112-110-108-106-104-102-100-98-96-94-92-90-88-86-84-82-80-78-76-74-72-70-68-66-64-62-60-58-56-54-52-50-48-46-44-42-40-38-36-34-32-30-28-26-24-22-20-18-16-14-12-10-8-6-4-2/h6-16H,1-5H3;. The Kier molecular flexibility index (Phi) is 152. The predicted octanol–water partition coefficient (Wildman–Crippen LogP) is 4.74. The molecule has 0 radical (unpaired) electrons. The summed E-state index contributed by atoms with van der Waals surface area (Å²) >= 11 is 9.67. The van der Waals surface area contributed by atoms with Crippen molar-refractivity contribution < 1.29 is 9.31 Å². The highest BCUT2D eigenvalue weighted by molar-refractivity contribution is 8.89. The Hall–Kier alpha value is 23.5. The number of nitrogens with zero attached hydrogens (tertiary/aromatic N) is 1. The number of aromatic nitrogens is 1. The van der Waals surface area contributed by atoms with Gasteiger partial charge in [-0.3, -0.25) is 4.98 Å². The molecule has 2 heterocycles. The fourth-order valence-corrected chi connectivity index (χ4v) is 318. The molecule has 0 saturated carbocycles. The van der Waals surface area contributed by atoms with E-state index in [-0.39, 0.29) is 18.3 Å². The summed E-state index contributed by atoms with van der Waals surface area (Å²) in [6, 6.07) is 20.8. The van der Waals surface area contributed by atoms with Crippen LogP contribution in [-0.2, 0) is 1060 Å². The van der Waals surface area contributed by atoms with E-state index in [9.17, 15) is 0 Å². The first kappa shape index (κ1) is 164. The molecule has 0 aliphatic carbocycles. The molecule has 0 bridgehead atoms. The number of hydrogen-bond acceptors (Lipinski definition) is 5. The van der Waals surface area contributed by atoms with Gasteiger partial charge in [0.15, 0.2) is 0 Å². The molecule has 0 amide bonds. The minimum absolute atomic E-state index is 0.331. The second kappa shape index (κ2) is 136. The van der Waals surface area contributed by atoms with Crippen molar-refractivity contribution in [2.45, 2.75) is 45.8 Å². The lowest BCUT2D eigenvalue weighted by Gasteiger charge is -2.32. The van der Waals surface area contributed by atoms with E-state index in [0.717, 1.165) is 22.3 Å². The van der Waals surface area contributed by atoms with Crippen molar-refractivity contribution in [1.29, 1.82) is 0 Å². The van der Waals surface area contributed by atoms with Gasteiger partial charge in [-0.05, 0) is 57.3 Å². The summed E-state index contributed by atoms with van der Waals surface area (Å²) in [5.41, 5.74) is 5.99. The first-order chi connectivity index (χ1) is 72.2. The van der Waals surface area contributed by atoms with E-state index < -0.39 is 0 Å². The van der Waals surface area contributed by atoms with Crippen LogP contribution in [0.1, 0.15) is 33.3 Å². The van der Waals surface area contributed by atoms with Gasteiger partial charge < -0.3 is 9.31 Å². The maximum Gasteiger partial charge on any atom is 0.494 e. The molecular formula is C24H26BNO2S118. The third-order valence-electron chi connectivity index (χ3n) is 9.12. The Morgan fingerprint density at radius 3 is 0.452 bits per heavy atom. The highest BCUT2D eigenvalue weighted by Gasteiger charge is 2.51. The molecule has 1 aliphatic rings. The Labute approximate surface area is 1180 Å². The molecule has 0 unspecified atom stereocenters. The predicted molar refractivity (Wildman–Crippen MR) is 985 cm³/mol. The highest BCUT2D eigenvalue weighted by Crippen LogP contribution is 2.36. The number of hydrogen-bond donors (Lipinski definition) is 0. The molecule has 0 atom stereocenters. The van der Waals surface area contributed by atoms with Crippen LogP contribution in [0.5, 0.6) is 0 Å². The molecule has 850 valence electrons. The molecule has 3 aromatic rings. The van der Waals surface area contributed by atoms with E-state index in [4.69, 9.17) is 36.7 Å². The van der Waals surface area contributed by atoms with E-state index in [2.05, 4.69) is 89.2 Å². The average Bonchev–Trinajstić information content (AvgIpc) is 1.62. The molecular weight excluding hydrogens is 4130 g/mol. The smallest absolute Gasteiger partial charge is 0.399 e. The topological polar surface area (TPSA) is 31.4 Å². The Morgan fingerprint density at radius 2 is 0.322 bits per heavy atom. The van der Waals surface area contributed by atoms with E-state index in [0.29, 0.717) is 0 Å². The van der Waals surface area contributed by atoms with Crippen molar-refractivity contribution in [2.75, 3.05) is 0 Å². The molecule has 122 heteroatoms. The minimum Gasteiger partial charge on any atom is -0.399 e. The molecule has 1 aliphatic heterocycles. The summed E-state index contributed by atoms with van der Waals surface area (Å²) in [5.74, 6) is 0. The first-order valence-electron chi connectivity index (χ1n) is 29.2. The third-order valence-corrected chi connectivity index (χ3v) is 265. The van der Waals surface area contributed by atoms with Crippen LogP contribution in [0.15, 0.2) is 66.9 Å². The molecule has 146 heavy (non-hydrogen) atoms. The van der Waals surface area contributed by atoms with Crippen LogP contribution in [0, 0.1) is 6.92 Å². The number of rotatable bonds is 3. The quantitative estimate of drug-likeness (QED) is 0.355. The second-order valence-corrected chi connectivity index (χ2v) is 222.